The molecule has 0 heterocycles. The molecule has 0 unspecified atom stereocenters. The molecule has 0 aliphatic heterocycles. The van der Waals surface area contributed by atoms with Crippen LogP contribution in [0.1, 0.15) is 141 Å². The maximum Gasteiger partial charge on any atom is 0.374 e. The van der Waals surface area contributed by atoms with Gasteiger partial charge in [-0.05, 0) is 143 Å². The van der Waals surface area contributed by atoms with Gasteiger partial charge in [0.2, 0.25) is 5.78 Å². The first kappa shape index (κ1) is 55.5. The second kappa shape index (κ2) is 27.8. The van der Waals surface area contributed by atoms with E-state index in [0.29, 0.717) is 37.4 Å². The zero-order valence-electron chi connectivity index (χ0n) is 41.2. The van der Waals surface area contributed by atoms with Gasteiger partial charge in [0.05, 0.1) is 13.2 Å². The van der Waals surface area contributed by atoms with Crippen LogP contribution in [0.25, 0.3) is 11.1 Å². The average Bonchev–Trinajstić information content (AvgIpc) is 3.30. The van der Waals surface area contributed by atoms with E-state index >= 15 is 0 Å². The second-order valence-electron chi connectivity index (χ2n) is 18.3. The molecule has 2 aromatic carbocycles. The Balaban J connectivity index is 2.20. The smallest absolute Gasteiger partial charge is 0.374 e. The van der Waals surface area contributed by atoms with Crippen molar-refractivity contribution in [3.8, 4) is 16.9 Å². The van der Waals surface area contributed by atoms with Crippen LogP contribution in [0, 0.1) is 11.3 Å². The quantitative estimate of drug-likeness (QED) is 0.0250. The highest BCUT2D eigenvalue weighted by atomic mass is 16.6. The van der Waals surface area contributed by atoms with Crippen molar-refractivity contribution in [1.29, 1.82) is 0 Å². The van der Waals surface area contributed by atoms with Crippen LogP contribution >= 0.6 is 0 Å². The topological polar surface area (TPSA) is 158 Å². The normalized spacial score (nSPS) is 14.6. The van der Waals surface area contributed by atoms with Crippen molar-refractivity contribution in [3.05, 3.63) is 101 Å². The maximum atomic E-state index is 12.8. The van der Waals surface area contributed by atoms with Gasteiger partial charge < -0.3 is 28.4 Å². The largest absolute Gasteiger partial charge is 0.492 e. The van der Waals surface area contributed by atoms with Crippen LogP contribution < -0.4 is 4.74 Å². The second-order valence-corrected chi connectivity index (χ2v) is 18.3. The summed E-state index contributed by atoms with van der Waals surface area (Å²) in [5.41, 5.74) is 5.24. The molecule has 12 heteroatoms. The van der Waals surface area contributed by atoms with E-state index in [1.54, 1.807) is 13.8 Å². The monoisotopic (exact) mass is 927 g/mol. The van der Waals surface area contributed by atoms with E-state index in [9.17, 15) is 28.8 Å². The standard InChI is InChI=1S/C55H74O12/c1-12-14-15-18-41-21-23-43(24-22-41)44-25-26-48(42(13-2)29-44)47-30-45(19-16-27-62-50(57)36(3)4)49(46(31-47)20-17-28-63-51(58)37(5)6)64-32-55(33-65-52(59)38(7)8,34-66-53(60)39(9)10)35-67-54(61)40(11)56/h25-26,29-31,41,43H,3,5,7,9,12-24,27-28,32-35H2,1-2,4,6,8,10-11H3. The number of benzene rings is 2. The van der Waals surface area contributed by atoms with Gasteiger partial charge in [-0.25, -0.2) is 24.0 Å². The van der Waals surface area contributed by atoms with E-state index in [4.69, 9.17) is 28.4 Å². The number of carbonyl (C=O) groups excluding carboxylic acids is 6. The van der Waals surface area contributed by atoms with Crippen molar-refractivity contribution in [2.45, 2.75) is 138 Å². The van der Waals surface area contributed by atoms with Crippen molar-refractivity contribution < 1.29 is 57.2 Å². The Hall–Kier alpha value is -5.78. The first-order valence-corrected chi connectivity index (χ1v) is 23.7. The van der Waals surface area contributed by atoms with Crippen molar-refractivity contribution >= 4 is 35.6 Å². The third-order valence-corrected chi connectivity index (χ3v) is 12.0. The van der Waals surface area contributed by atoms with E-state index in [-0.39, 0.29) is 42.1 Å². The molecule has 0 aromatic heterocycles. The van der Waals surface area contributed by atoms with E-state index < -0.39 is 60.9 Å². The molecular formula is C55H74O12. The number of rotatable bonds is 29. The highest BCUT2D eigenvalue weighted by Crippen LogP contribution is 2.41. The lowest BCUT2D eigenvalue weighted by molar-refractivity contribution is -0.165. The predicted molar refractivity (Wildman–Crippen MR) is 259 cm³/mol. The van der Waals surface area contributed by atoms with Crippen LogP contribution in [0.15, 0.2) is 78.9 Å². The summed E-state index contributed by atoms with van der Waals surface area (Å²) in [4.78, 5) is 75.0. The fraction of sp³-hybridized carbons (Fsp3) is 0.527. The van der Waals surface area contributed by atoms with Gasteiger partial charge in [-0.15, -0.1) is 0 Å². The molecule has 1 aliphatic carbocycles. The van der Waals surface area contributed by atoms with Crippen molar-refractivity contribution in [2.24, 2.45) is 11.3 Å². The summed E-state index contributed by atoms with van der Waals surface area (Å²) in [6.07, 6.45) is 12.4. The Morgan fingerprint density at radius 3 is 1.49 bits per heavy atom. The zero-order chi connectivity index (χ0) is 49.7. The summed E-state index contributed by atoms with van der Waals surface area (Å²) in [6.45, 7) is 24.6. The molecule has 0 bridgehead atoms. The third kappa shape index (κ3) is 18.1. The Morgan fingerprint density at radius 2 is 1.04 bits per heavy atom. The number of hydrogen-bond acceptors (Lipinski definition) is 12. The van der Waals surface area contributed by atoms with E-state index in [0.717, 1.165) is 41.5 Å². The molecule has 0 radical (unpaired) electrons. The Labute approximate surface area is 398 Å². The molecule has 0 atom stereocenters. The Bertz CT molecular complexity index is 1990. The minimum atomic E-state index is -1.54. The van der Waals surface area contributed by atoms with Gasteiger partial charge in [-0.2, -0.15) is 0 Å². The van der Waals surface area contributed by atoms with Crippen LogP contribution in [0.4, 0.5) is 0 Å². The Kier molecular flexibility index (Phi) is 23.0. The van der Waals surface area contributed by atoms with Gasteiger partial charge in [0, 0.05) is 29.2 Å². The zero-order valence-corrected chi connectivity index (χ0v) is 41.2. The van der Waals surface area contributed by atoms with Crippen molar-refractivity contribution in [2.75, 3.05) is 39.6 Å². The van der Waals surface area contributed by atoms with Gasteiger partial charge in [-0.3, -0.25) is 4.79 Å². The highest BCUT2D eigenvalue weighted by Gasteiger charge is 2.38. The number of hydrogen-bond donors (Lipinski definition) is 0. The molecule has 12 nitrogen and oxygen atoms in total. The molecule has 2 aromatic rings. The molecule has 1 saturated carbocycles. The van der Waals surface area contributed by atoms with Gasteiger partial charge in [-0.1, -0.05) is 84.0 Å². The van der Waals surface area contributed by atoms with Crippen LogP contribution in [-0.4, -0.2) is 75.3 Å². The van der Waals surface area contributed by atoms with Gasteiger partial charge in [0.1, 0.15) is 37.6 Å². The number of unbranched alkanes of at least 4 members (excludes halogenated alkanes) is 2. The van der Waals surface area contributed by atoms with Gasteiger partial charge in [0.25, 0.3) is 0 Å². The molecule has 1 fully saturated rings. The Morgan fingerprint density at radius 1 is 0.567 bits per heavy atom. The van der Waals surface area contributed by atoms with Crippen molar-refractivity contribution in [1.82, 2.24) is 0 Å². The molecule has 1 aliphatic rings. The first-order chi connectivity index (χ1) is 31.8. The van der Waals surface area contributed by atoms with E-state index in [1.165, 1.54) is 76.3 Å². The average molecular weight is 927 g/mol. The lowest BCUT2D eigenvalue weighted by Crippen LogP contribution is -2.45. The molecule has 67 heavy (non-hydrogen) atoms. The molecule has 3 rings (SSSR count). The number of ketones is 1. The molecule has 0 saturated heterocycles. The number of carbonyl (C=O) groups is 6. The number of esters is 5. The number of aryl methyl sites for hydroxylation is 3. The summed E-state index contributed by atoms with van der Waals surface area (Å²) in [5, 5.41) is 0. The van der Waals surface area contributed by atoms with E-state index in [1.807, 2.05) is 0 Å². The summed E-state index contributed by atoms with van der Waals surface area (Å²) in [6, 6.07) is 10.9. The number of ether oxygens (including phenoxy) is 6. The van der Waals surface area contributed by atoms with Crippen LogP contribution in [0.5, 0.6) is 5.75 Å². The van der Waals surface area contributed by atoms with E-state index in [2.05, 4.69) is 70.5 Å². The summed E-state index contributed by atoms with van der Waals surface area (Å²) in [7, 11) is 0. The molecule has 0 amide bonds. The fourth-order valence-corrected chi connectivity index (χ4v) is 7.96. The summed E-state index contributed by atoms with van der Waals surface area (Å²) < 4.78 is 34.4. The fourth-order valence-electron chi connectivity index (χ4n) is 7.96. The predicted octanol–water partition coefficient (Wildman–Crippen LogP) is 10.6. The summed E-state index contributed by atoms with van der Waals surface area (Å²) >= 11 is 0. The molecule has 0 N–H and O–H groups in total. The molecule has 0 spiro atoms. The van der Waals surface area contributed by atoms with Crippen LogP contribution in [0.3, 0.4) is 0 Å². The van der Waals surface area contributed by atoms with Crippen LogP contribution in [0.2, 0.25) is 0 Å². The molecule has 366 valence electrons. The number of Topliss-reactive ketones (excluding diaryl/α,β-unsaturated/α-hetero) is 1. The lowest BCUT2D eigenvalue weighted by Gasteiger charge is -2.33. The minimum Gasteiger partial charge on any atom is -0.492 e. The van der Waals surface area contributed by atoms with Gasteiger partial charge in [0.15, 0.2) is 0 Å². The maximum absolute atomic E-state index is 12.8. The third-order valence-electron chi connectivity index (χ3n) is 12.0. The van der Waals surface area contributed by atoms with Crippen molar-refractivity contribution in [3.63, 3.8) is 0 Å². The minimum absolute atomic E-state index is 0.0932. The highest BCUT2D eigenvalue weighted by molar-refractivity contribution is 6.32. The SMILES string of the molecule is C=C(C)C(=O)OCCCc1cc(-c2ccc(C3CCC(CCCCC)CC3)cc2CC)cc(CCCOC(=O)C(=C)C)c1OCC(COC(=O)C(=C)C)(COC(=O)C(=C)C)COC(=O)C(C)=O. The van der Waals surface area contributed by atoms with Crippen LogP contribution in [-0.2, 0) is 71.7 Å². The first-order valence-electron chi connectivity index (χ1n) is 23.7. The molecular weight excluding hydrogens is 853 g/mol. The summed E-state index contributed by atoms with van der Waals surface area (Å²) in [5.74, 6) is -2.78. The van der Waals surface area contributed by atoms with Gasteiger partial charge >= 0.3 is 29.8 Å². The lowest BCUT2D eigenvalue weighted by atomic mass is 9.76.